The molecule has 0 atom stereocenters. The normalized spacial score (nSPS) is 11.9. The molecular formula is C38H71Si. The van der Waals surface area contributed by atoms with Gasteiger partial charge in [-0.2, -0.15) is 0 Å². The Morgan fingerprint density at radius 2 is 0.641 bits per heavy atom. The molecule has 1 radical (unpaired) electrons. The fourth-order valence-corrected chi connectivity index (χ4v) is 8.71. The Bertz CT molecular complexity index is 592. The number of unbranched alkanes of at least 4 members (excludes halogenated alkanes) is 27. The molecular weight excluding hydrogens is 485 g/mol. The lowest BCUT2D eigenvalue weighted by atomic mass is 10.0. The van der Waals surface area contributed by atoms with Crippen LogP contribution in [0.5, 0.6) is 0 Å². The van der Waals surface area contributed by atoms with Crippen molar-refractivity contribution >= 4 is 13.3 Å². The minimum absolute atomic E-state index is 1.12. The van der Waals surface area contributed by atoms with E-state index in [4.69, 9.17) is 0 Å². The fraction of sp³-hybridized carbons (Fsp3) is 0.816. The van der Waals surface area contributed by atoms with Crippen molar-refractivity contribution in [2.75, 3.05) is 0 Å². The summed E-state index contributed by atoms with van der Waals surface area (Å²) in [5, 5.41) is 1.63. The average Bonchev–Trinajstić information content (AvgIpc) is 2.95. The van der Waals surface area contributed by atoms with Crippen LogP contribution in [0.3, 0.4) is 0 Å². The van der Waals surface area contributed by atoms with Gasteiger partial charge >= 0.3 is 0 Å². The summed E-state index contributed by atoms with van der Waals surface area (Å²) in [6.07, 6.45) is 40.7. The van der Waals surface area contributed by atoms with Crippen molar-refractivity contribution in [3.05, 3.63) is 37.3 Å². The first kappa shape index (κ1) is 36.5. The van der Waals surface area contributed by atoms with Crippen LogP contribution in [0.25, 0.3) is 0 Å². The van der Waals surface area contributed by atoms with E-state index in [0.29, 0.717) is 0 Å². The minimum Gasteiger partial charge on any atom is -0.0654 e. The molecule has 1 rings (SSSR count). The van der Waals surface area contributed by atoms with E-state index in [1.807, 2.05) is 0 Å². The quantitative estimate of drug-likeness (QED) is 0.0654. The second-order valence-electron chi connectivity index (χ2n) is 13.4. The molecule has 0 amide bonds. The van der Waals surface area contributed by atoms with Gasteiger partial charge in [-0.05, 0) is 0 Å². The van der Waals surface area contributed by atoms with E-state index in [1.165, 1.54) is 179 Å². The third-order valence-corrected chi connectivity index (χ3v) is 12.6. The maximum atomic E-state index is 3.93. The van der Waals surface area contributed by atoms with Gasteiger partial charge in [0.15, 0.2) is 0 Å². The SMILES string of the molecule is [CH2]CCCCCCCCCCCCCCCCCCCCCCCCCCCCC[Si](C)(C)c1ccccc1. The van der Waals surface area contributed by atoms with Crippen molar-refractivity contribution in [3.8, 4) is 0 Å². The molecule has 1 aromatic rings. The van der Waals surface area contributed by atoms with Crippen molar-refractivity contribution in [1.29, 1.82) is 0 Å². The molecule has 1 aromatic carbocycles. The minimum atomic E-state index is -1.20. The van der Waals surface area contributed by atoms with E-state index in [2.05, 4.69) is 50.3 Å². The first-order valence-electron chi connectivity index (χ1n) is 18.0. The van der Waals surface area contributed by atoms with Gasteiger partial charge in [-0.3, -0.25) is 0 Å². The number of hydrogen-bond donors (Lipinski definition) is 0. The van der Waals surface area contributed by atoms with Gasteiger partial charge in [-0.1, -0.05) is 241 Å². The molecule has 0 aliphatic heterocycles. The van der Waals surface area contributed by atoms with Crippen LogP contribution < -0.4 is 5.19 Å². The summed E-state index contributed by atoms with van der Waals surface area (Å²) < 4.78 is 0. The smallest absolute Gasteiger partial charge is 0.0654 e. The Kier molecular flexibility index (Phi) is 25.8. The molecule has 39 heavy (non-hydrogen) atoms. The molecule has 227 valence electrons. The van der Waals surface area contributed by atoms with Gasteiger partial charge in [0.05, 0.1) is 8.07 Å². The van der Waals surface area contributed by atoms with Gasteiger partial charge in [-0.25, -0.2) is 0 Å². The van der Waals surface area contributed by atoms with Crippen LogP contribution in [0, 0.1) is 6.92 Å². The Hall–Kier alpha value is -0.563. The zero-order valence-corrected chi connectivity index (χ0v) is 28.1. The maximum Gasteiger partial charge on any atom is 0.0806 e. The van der Waals surface area contributed by atoms with Crippen LogP contribution in [0.1, 0.15) is 180 Å². The Morgan fingerprint density at radius 1 is 0.385 bits per heavy atom. The molecule has 0 saturated carbocycles. The monoisotopic (exact) mass is 556 g/mol. The van der Waals surface area contributed by atoms with Crippen LogP contribution in [-0.2, 0) is 0 Å². The van der Waals surface area contributed by atoms with Gasteiger partial charge in [-0.15, -0.1) is 0 Å². The predicted molar refractivity (Wildman–Crippen MR) is 183 cm³/mol. The molecule has 1 heteroatoms. The van der Waals surface area contributed by atoms with E-state index >= 15 is 0 Å². The summed E-state index contributed by atoms with van der Waals surface area (Å²) in [5.74, 6) is 0. The standard InChI is InChI=1S/C38H71Si/c1-4-5-6-7-8-9-10-11-12-13-14-15-16-17-18-19-20-21-22-23-24-25-26-27-28-29-30-34-37-39(2,3)38-35-32-31-33-36-38/h31-33,35-36H,1,4-30,34,37H2,2-3H3. The van der Waals surface area contributed by atoms with E-state index in [9.17, 15) is 0 Å². The van der Waals surface area contributed by atoms with Crippen molar-refractivity contribution < 1.29 is 0 Å². The number of rotatable bonds is 30. The zero-order chi connectivity index (χ0) is 28.1. The van der Waals surface area contributed by atoms with Gasteiger partial charge in [0.25, 0.3) is 0 Å². The van der Waals surface area contributed by atoms with E-state index in [-0.39, 0.29) is 0 Å². The molecule has 0 nitrogen and oxygen atoms in total. The number of hydrogen-bond acceptors (Lipinski definition) is 0. The van der Waals surface area contributed by atoms with Crippen LogP contribution in [-0.4, -0.2) is 8.07 Å². The highest BCUT2D eigenvalue weighted by Crippen LogP contribution is 2.18. The molecule has 0 saturated heterocycles. The maximum absolute atomic E-state index is 3.93. The van der Waals surface area contributed by atoms with Gasteiger partial charge in [0.2, 0.25) is 0 Å². The summed E-state index contributed by atoms with van der Waals surface area (Å²) in [7, 11) is -1.20. The first-order valence-corrected chi connectivity index (χ1v) is 21.2. The van der Waals surface area contributed by atoms with Gasteiger partial charge in [0, 0.05) is 0 Å². The second kappa shape index (κ2) is 27.6. The van der Waals surface area contributed by atoms with Crippen LogP contribution in [0.15, 0.2) is 30.3 Å². The third kappa shape index (κ3) is 23.8. The summed E-state index contributed by atoms with van der Waals surface area (Å²) in [5.41, 5.74) is 0. The lowest BCUT2D eigenvalue weighted by molar-refractivity contribution is 0.514. The van der Waals surface area contributed by atoms with Crippen molar-refractivity contribution in [2.24, 2.45) is 0 Å². The van der Waals surface area contributed by atoms with E-state index in [0.717, 1.165) is 6.42 Å². The highest BCUT2D eigenvalue weighted by molar-refractivity contribution is 6.89. The molecule has 0 bridgehead atoms. The summed E-state index contributed by atoms with van der Waals surface area (Å²) >= 11 is 0. The van der Waals surface area contributed by atoms with Crippen molar-refractivity contribution in [3.63, 3.8) is 0 Å². The third-order valence-electron chi connectivity index (χ3n) is 9.11. The van der Waals surface area contributed by atoms with Gasteiger partial charge in [0.1, 0.15) is 0 Å². The average molecular weight is 556 g/mol. The Morgan fingerprint density at radius 3 is 0.923 bits per heavy atom. The van der Waals surface area contributed by atoms with Crippen LogP contribution in [0.2, 0.25) is 19.1 Å². The summed E-state index contributed by atoms with van der Waals surface area (Å²) in [6.45, 7) is 9.02. The Balaban J connectivity index is 1.69. The molecule has 0 N–H and O–H groups in total. The molecule has 0 aliphatic carbocycles. The van der Waals surface area contributed by atoms with Crippen LogP contribution >= 0.6 is 0 Å². The zero-order valence-electron chi connectivity index (χ0n) is 27.1. The highest BCUT2D eigenvalue weighted by atomic mass is 28.3. The molecule has 0 unspecified atom stereocenters. The lowest BCUT2D eigenvalue weighted by Crippen LogP contribution is -2.40. The second-order valence-corrected chi connectivity index (χ2v) is 18.2. The molecule has 0 aliphatic rings. The summed E-state index contributed by atoms with van der Waals surface area (Å²) in [4.78, 5) is 0. The van der Waals surface area contributed by atoms with Gasteiger partial charge < -0.3 is 0 Å². The predicted octanol–water partition coefficient (Wildman–Crippen LogP) is 13.4. The lowest BCUT2D eigenvalue weighted by Gasteiger charge is -2.22. The first-order chi connectivity index (χ1) is 19.2. The van der Waals surface area contributed by atoms with Crippen molar-refractivity contribution in [2.45, 2.75) is 199 Å². The highest BCUT2D eigenvalue weighted by Gasteiger charge is 2.21. The van der Waals surface area contributed by atoms with Crippen LogP contribution in [0.4, 0.5) is 0 Å². The van der Waals surface area contributed by atoms with E-state index in [1.54, 1.807) is 5.19 Å². The summed E-state index contributed by atoms with van der Waals surface area (Å²) in [6, 6.07) is 12.7. The Labute approximate surface area is 248 Å². The van der Waals surface area contributed by atoms with Crippen molar-refractivity contribution in [1.82, 2.24) is 0 Å². The topological polar surface area (TPSA) is 0 Å². The number of benzene rings is 1. The fourth-order valence-electron chi connectivity index (χ4n) is 6.20. The largest absolute Gasteiger partial charge is 0.0806 e. The molecule has 0 fully saturated rings. The van der Waals surface area contributed by atoms with E-state index < -0.39 is 8.07 Å². The molecule has 0 heterocycles. The molecule has 0 aromatic heterocycles. The molecule has 0 spiro atoms.